The molecule has 23 heavy (non-hydrogen) atoms. The van der Waals surface area contributed by atoms with Crippen molar-refractivity contribution in [2.45, 2.75) is 12.8 Å². The van der Waals surface area contributed by atoms with Gasteiger partial charge in [0, 0.05) is 12.8 Å². The van der Waals surface area contributed by atoms with Crippen molar-refractivity contribution in [1.29, 1.82) is 0 Å². The van der Waals surface area contributed by atoms with Gasteiger partial charge in [-0.3, -0.25) is 0 Å². The van der Waals surface area contributed by atoms with Gasteiger partial charge in [0.1, 0.15) is 0 Å². The summed E-state index contributed by atoms with van der Waals surface area (Å²) in [4.78, 5) is 0. The van der Waals surface area contributed by atoms with E-state index in [9.17, 15) is 0 Å². The molecule has 0 atom stereocenters. The van der Waals surface area contributed by atoms with E-state index >= 15 is 0 Å². The maximum Gasteiger partial charge on any atom is 0.263 e. The summed E-state index contributed by atoms with van der Waals surface area (Å²) in [5.41, 5.74) is 0. The van der Waals surface area contributed by atoms with Crippen LogP contribution in [-0.2, 0) is 9.47 Å². The number of rotatable bonds is 4. The van der Waals surface area contributed by atoms with Gasteiger partial charge in [-0.1, -0.05) is 60.7 Å². The minimum atomic E-state index is -2.40. The van der Waals surface area contributed by atoms with Crippen LogP contribution in [0.1, 0.15) is 12.8 Å². The van der Waals surface area contributed by atoms with Crippen molar-refractivity contribution in [1.82, 2.24) is 0 Å². The summed E-state index contributed by atoms with van der Waals surface area (Å²) in [6.07, 6.45) is 6.51. The van der Waals surface area contributed by atoms with Gasteiger partial charge >= 0.3 is 0 Å². The first-order valence-electron chi connectivity index (χ1n) is 8.20. The third-order valence-corrected chi connectivity index (χ3v) is 9.14. The first-order valence-corrected chi connectivity index (χ1v) is 10.2. The minimum Gasteiger partial charge on any atom is -0.502 e. The molecule has 0 saturated heterocycles. The zero-order chi connectivity index (χ0) is 15.5. The van der Waals surface area contributed by atoms with Gasteiger partial charge in [0.05, 0.1) is 24.0 Å². The molecular weight excluding hydrogens is 300 g/mol. The Kier molecular flexibility index (Phi) is 3.79. The van der Waals surface area contributed by atoms with Crippen LogP contribution in [0.5, 0.6) is 0 Å². The van der Waals surface area contributed by atoms with Crippen LogP contribution < -0.4 is 10.4 Å². The predicted molar refractivity (Wildman–Crippen MR) is 95.2 cm³/mol. The molecule has 2 nitrogen and oxygen atoms in total. The molecule has 0 aromatic heterocycles. The second-order valence-corrected chi connectivity index (χ2v) is 9.53. The topological polar surface area (TPSA) is 18.5 Å². The van der Waals surface area contributed by atoms with Crippen molar-refractivity contribution < 1.29 is 9.47 Å². The smallest absolute Gasteiger partial charge is 0.263 e. The summed E-state index contributed by atoms with van der Waals surface area (Å²) in [5, 5.41) is 4.91. The Morgan fingerprint density at radius 2 is 1.04 bits per heavy atom. The molecule has 0 spiro atoms. The fourth-order valence-corrected chi connectivity index (χ4v) is 8.23. The van der Waals surface area contributed by atoms with Crippen LogP contribution in [0.4, 0.5) is 0 Å². The fourth-order valence-electron chi connectivity index (χ4n) is 3.59. The number of benzene rings is 2. The molecule has 0 aliphatic carbocycles. The highest BCUT2D eigenvalue weighted by Gasteiger charge is 2.50. The fraction of sp³-hybridized carbons (Fsp3) is 0.200. The van der Waals surface area contributed by atoms with Crippen LogP contribution in [0.15, 0.2) is 83.6 Å². The number of ether oxygens (including phenoxy) is 2. The van der Waals surface area contributed by atoms with Crippen molar-refractivity contribution >= 4 is 18.4 Å². The lowest BCUT2D eigenvalue weighted by atomic mass is 10.4. The largest absolute Gasteiger partial charge is 0.502 e. The van der Waals surface area contributed by atoms with Crippen LogP contribution in [0.3, 0.4) is 0 Å². The first-order chi connectivity index (χ1) is 11.4. The quantitative estimate of drug-likeness (QED) is 0.807. The van der Waals surface area contributed by atoms with E-state index in [0.29, 0.717) is 0 Å². The van der Waals surface area contributed by atoms with Crippen LogP contribution in [-0.4, -0.2) is 21.3 Å². The van der Waals surface area contributed by atoms with E-state index in [1.807, 2.05) is 0 Å². The van der Waals surface area contributed by atoms with Gasteiger partial charge in [0.25, 0.3) is 8.07 Å². The third-order valence-electron chi connectivity index (χ3n) is 4.56. The van der Waals surface area contributed by atoms with Gasteiger partial charge in [0.2, 0.25) is 0 Å². The Morgan fingerprint density at radius 3 is 1.39 bits per heavy atom. The Labute approximate surface area is 138 Å². The number of hydrogen-bond acceptors (Lipinski definition) is 2. The van der Waals surface area contributed by atoms with Gasteiger partial charge in [-0.25, -0.2) is 0 Å². The summed E-state index contributed by atoms with van der Waals surface area (Å²) >= 11 is 0. The minimum absolute atomic E-state index is 0.775. The van der Waals surface area contributed by atoms with Gasteiger partial charge in [-0.05, 0) is 22.5 Å². The van der Waals surface area contributed by atoms with Crippen LogP contribution in [0.25, 0.3) is 0 Å². The SMILES string of the molecule is C1=C([Si](C2=CCCO2)(c2ccccc2)c2ccccc2)OCC1. The van der Waals surface area contributed by atoms with Crippen molar-refractivity contribution in [3.63, 3.8) is 0 Å². The maximum absolute atomic E-state index is 6.14. The second-order valence-electron chi connectivity index (χ2n) is 5.89. The molecule has 2 aliphatic heterocycles. The molecule has 4 rings (SSSR count). The molecular formula is C20H20O2Si. The first kappa shape index (κ1) is 14.3. The van der Waals surface area contributed by atoms with Gasteiger partial charge in [-0.15, -0.1) is 0 Å². The average Bonchev–Trinajstić information content (AvgIpc) is 3.32. The van der Waals surface area contributed by atoms with Crippen LogP contribution in [0.2, 0.25) is 0 Å². The normalized spacial score (nSPS) is 17.2. The van der Waals surface area contributed by atoms with Gasteiger partial charge < -0.3 is 9.47 Å². The summed E-state index contributed by atoms with van der Waals surface area (Å²) in [7, 11) is -2.40. The van der Waals surface area contributed by atoms with E-state index in [1.165, 1.54) is 10.4 Å². The highest BCUT2D eigenvalue weighted by atomic mass is 28.3. The van der Waals surface area contributed by atoms with Crippen molar-refractivity contribution in [2.24, 2.45) is 0 Å². The highest BCUT2D eigenvalue weighted by molar-refractivity contribution is 7.11. The average molecular weight is 320 g/mol. The highest BCUT2D eigenvalue weighted by Crippen LogP contribution is 2.31. The summed E-state index contributed by atoms with van der Waals surface area (Å²) in [5.74, 6) is 0. The molecule has 0 N–H and O–H groups in total. The molecule has 2 aromatic rings. The molecule has 0 fully saturated rings. The maximum atomic E-state index is 6.14. The molecule has 2 aliphatic rings. The number of hydrogen-bond donors (Lipinski definition) is 0. The molecule has 0 bridgehead atoms. The zero-order valence-electron chi connectivity index (χ0n) is 13.1. The summed E-state index contributed by atoms with van der Waals surface area (Å²) in [6, 6.07) is 21.5. The monoisotopic (exact) mass is 320 g/mol. The molecule has 116 valence electrons. The van der Waals surface area contributed by atoms with E-state index in [2.05, 4.69) is 72.8 Å². The van der Waals surface area contributed by atoms with Gasteiger partial charge in [0.15, 0.2) is 0 Å². The molecule has 0 saturated carbocycles. The summed E-state index contributed by atoms with van der Waals surface area (Å²) in [6.45, 7) is 1.55. The molecule has 0 radical (unpaired) electrons. The summed E-state index contributed by atoms with van der Waals surface area (Å²) < 4.78 is 12.3. The Balaban J connectivity index is 2.01. The van der Waals surface area contributed by atoms with Crippen LogP contribution >= 0.6 is 0 Å². The molecule has 2 heterocycles. The Bertz CT molecular complexity index is 669. The van der Waals surface area contributed by atoms with Crippen LogP contribution in [0, 0.1) is 0 Å². The lowest BCUT2D eigenvalue weighted by molar-refractivity contribution is 0.250. The van der Waals surface area contributed by atoms with Gasteiger partial charge in [-0.2, -0.15) is 0 Å². The standard InChI is InChI=1S/C20H20O2Si/c1-3-9-17(10-4-1)23(19-13-7-15-21-19,20-14-8-16-22-20)18-11-5-2-6-12-18/h1-6,9-14H,7-8,15-16H2. The zero-order valence-corrected chi connectivity index (χ0v) is 14.1. The Morgan fingerprint density at radius 1 is 0.609 bits per heavy atom. The Hall–Kier alpha value is -2.26. The van der Waals surface area contributed by atoms with Crippen molar-refractivity contribution in [3.8, 4) is 0 Å². The van der Waals surface area contributed by atoms with E-state index in [0.717, 1.165) is 36.8 Å². The van der Waals surface area contributed by atoms with Crippen molar-refractivity contribution in [2.75, 3.05) is 13.2 Å². The van der Waals surface area contributed by atoms with E-state index in [4.69, 9.17) is 9.47 Å². The molecule has 0 unspecified atom stereocenters. The molecule has 3 heteroatoms. The van der Waals surface area contributed by atoms with E-state index in [1.54, 1.807) is 0 Å². The molecule has 2 aromatic carbocycles. The van der Waals surface area contributed by atoms with E-state index in [-0.39, 0.29) is 0 Å². The lowest BCUT2D eigenvalue weighted by Gasteiger charge is -2.33. The van der Waals surface area contributed by atoms with Crippen molar-refractivity contribution in [3.05, 3.63) is 83.6 Å². The predicted octanol–water partition coefficient (Wildman–Crippen LogP) is 2.94. The lowest BCUT2D eigenvalue weighted by Crippen LogP contribution is -2.62. The van der Waals surface area contributed by atoms with E-state index < -0.39 is 8.07 Å². The molecule has 0 amide bonds. The second kappa shape index (κ2) is 6.09. The third kappa shape index (κ3) is 2.32.